The van der Waals surface area contributed by atoms with Gasteiger partial charge in [-0.2, -0.15) is 23.7 Å². The van der Waals surface area contributed by atoms with E-state index in [1.54, 1.807) is 0 Å². The number of benzene rings is 5. The number of alkyl halides is 3. The van der Waals surface area contributed by atoms with Gasteiger partial charge in [-0.3, -0.25) is 19.5 Å². The molecule has 6 aromatic rings. The van der Waals surface area contributed by atoms with Crippen molar-refractivity contribution in [1.82, 2.24) is 9.88 Å². The van der Waals surface area contributed by atoms with E-state index < -0.39 is 41.4 Å². The summed E-state index contributed by atoms with van der Waals surface area (Å²) in [6.45, 7) is 2.33. The summed E-state index contributed by atoms with van der Waals surface area (Å²) < 4.78 is 75.6. The van der Waals surface area contributed by atoms with E-state index in [-0.39, 0.29) is 83.6 Å². The Morgan fingerprint density at radius 3 is 1.73 bits per heavy atom. The van der Waals surface area contributed by atoms with Crippen LogP contribution in [0.4, 0.5) is 24.5 Å². The molecular weight excluding hydrogens is 959 g/mol. The Balaban J connectivity index is 1.57. The number of nitrogens with two attached hydrogens (primary N) is 1. The van der Waals surface area contributed by atoms with Crippen molar-refractivity contribution in [1.29, 1.82) is 10.5 Å². The third-order valence-electron chi connectivity index (χ3n) is 9.32. The fourth-order valence-corrected chi connectivity index (χ4v) is 7.14. The molecule has 5 aromatic carbocycles. The van der Waals surface area contributed by atoms with Crippen LogP contribution in [-0.4, -0.2) is 54.7 Å². The molecule has 2 N–H and O–H groups in total. The number of amides is 2. The van der Waals surface area contributed by atoms with Crippen LogP contribution in [0.1, 0.15) is 28.7 Å². The topological polar surface area (TPSA) is 173 Å². The van der Waals surface area contributed by atoms with Crippen molar-refractivity contribution in [2.45, 2.75) is 25.3 Å². The first kappa shape index (κ1) is 49.5. The van der Waals surface area contributed by atoms with Gasteiger partial charge in [0.2, 0.25) is 5.91 Å². The Kier molecular flexibility index (Phi) is 15.6. The molecule has 0 spiro atoms. The van der Waals surface area contributed by atoms with Gasteiger partial charge >= 0.3 is 17.9 Å². The molecule has 0 aliphatic rings. The molecule has 1 heterocycles. The molecule has 0 fully saturated rings. The lowest BCUT2D eigenvalue weighted by atomic mass is 10.0. The molecule has 0 unspecified atom stereocenters. The second kappa shape index (κ2) is 21.1. The van der Waals surface area contributed by atoms with Crippen LogP contribution in [0.25, 0.3) is 0 Å². The number of pyridine rings is 1. The second-order valence-electron chi connectivity index (χ2n) is 14.7. The van der Waals surface area contributed by atoms with E-state index in [1.807, 2.05) is 31.1 Å². The molecule has 1 aromatic heterocycles. The number of likely N-dealkylation sites (N-methyl/N-ethyl adjacent to an activating group) is 1. The molecule has 0 aliphatic heterocycles. The highest BCUT2D eigenvalue weighted by molar-refractivity contribution is 6.32. The minimum atomic E-state index is -5.08. The maximum Gasteiger partial charge on any atom is 0.419 e. The maximum atomic E-state index is 15.8. The molecule has 0 saturated carbocycles. The van der Waals surface area contributed by atoms with Crippen LogP contribution in [-0.2, 0) is 15.8 Å². The van der Waals surface area contributed by atoms with Crippen molar-refractivity contribution in [3.8, 4) is 52.4 Å². The molecule has 0 bridgehead atoms. The van der Waals surface area contributed by atoms with Crippen molar-refractivity contribution in [2.24, 2.45) is 5.73 Å². The molecule has 20 heteroatoms. The quantitative estimate of drug-likeness (QED) is 0.0862. The number of carbonyl (C=O) groups excluding carboxylic acids is 2. The molecule has 67 heavy (non-hydrogen) atoms. The summed E-state index contributed by atoms with van der Waals surface area (Å²) in [7, 11) is 3.70. The molecule has 13 nitrogen and oxygen atoms in total. The van der Waals surface area contributed by atoms with Crippen molar-refractivity contribution in [3.05, 3.63) is 152 Å². The van der Waals surface area contributed by atoms with E-state index in [4.69, 9.17) is 75.8 Å². The van der Waals surface area contributed by atoms with Crippen LogP contribution in [0.2, 0.25) is 20.1 Å². The summed E-state index contributed by atoms with van der Waals surface area (Å²) in [5.41, 5.74) is 4.21. The van der Waals surface area contributed by atoms with Crippen LogP contribution in [0.15, 0.2) is 109 Å². The maximum absolute atomic E-state index is 15.8. The van der Waals surface area contributed by atoms with E-state index in [2.05, 4.69) is 4.98 Å². The summed E-state index contributed by atoms with van der Waals surface area (Å²) in [6, 6.07) is 25.1. The highest BCUT2D eigenvalue weighted by atomic mass is 35.5. The normalized spacial score (nSPS) is 11.3. The zero-order valence-electron chi connectivity index (χ0n) is 35.3. The standard InChI is InChI=1S/C47H35Cl4F3N6O7/c1-27-14-32(63-13-12-59(2)3)6-9-40(27)60(41-10-11-58-26-37(41)47(52,53)54)45(62)46(23-44(57)61,66-33-4-7-38(50)42(21-33)64-35-17-28(24-55)15-30(48)19-35)67-34-5-8-39(51)43(22-34)65-36-18-29(25-56)16-31(49)20-36/h4-11,14-22,26H,12-13,23H2,1-3H3,(H2,57,61). The highest BCUT2D eigenvalue weighted by Gasteiger charge is 2.51. The number of aryl methyl sites for hydroxylation is 1. The number of anilines is 2. The zero-order chi connectivity index (χ0) is 48.6. The van der Waals surface area contributed by atoms with Crippen LogP contribution < -0.4 is 34.3 Å². The second-order valence-corrected chi connectivity index (χ2v) is 16.4. The van der Waals surface area contributed by atoms with Gasteiger partial charge in [0.25, 0.3) is 0 Å². The van der Waals surface area contributed by atoms with E-state index in [0.717, 1.165) is 12.3 Å². The number of carbonyl (C=O) groups is 2. The molecule has 0 radical (unpaired) electrons. The van der Waals surface area contributed by atoms with Gasteiger partial charge in [0.05, 0.1) is 50.2 Å². The Bertz CT molecular complexity index is 2810. The zero-order valence-corrected chi connectivity index (χ0v) is 38.4. The lowest BCUT2D eigenvalue weighted by molar-refractivity contribution is -0.168. The first-order valence-corrected chi connectivity index (χ1v) is 21.0. The summed E-state index contributed by atoms with van der Waals surface area (Å²) in [5, 5.41) is 19.3. The SMILES string of the molecule is Cc1cc(OCCN(C)C)ccc1N(C(=O)C(CC(N)=O)(Oc1ccc(Cl)c(Oc2cc(Cl)cc(C#N)c2)c1)Oc1ccc(Cl)c(Oc2cc(Cl)cc(C#N)c2)c1)c1ccncc1C(F)(F)F. The van der Waals surface area contributed by atoms with Crippen molar-refractivity contribution < 1.29 is 46.4 Å². The predicted octanol–water partition coefficient (Wildman–Crippen LogP) is 11.7. The third kappa shape index (κ3) is 12.5. The lowest BCUT2D eigenvalue weighted by Crippen LogP contribution is -2.58. The third-order valence-corrected chi connectivity index (χ3v) is 10.4. The molecule has 344 valence electrons. The Morgan fingerprint density at radius 2 is 1.25 bits per heavy atom. The fraction of sp³-hybridized carbons (Fsp3) is 0.170. The molecular formula is C47H35Cl4F3N6O7. The fourth-order valence-electron chi connectivity index (χ4n) is 6.38. The summed E-state index contributed by atoms with van der Waals surface area (Å²) in [6.07, 6.45) is -4.64. The minimum Gasteiger partial charge on any atom is -0.492 e. The summed E-state index contributed by atoms with van der Waals surface area (Å²) in [5.74, 6) is -5.92. The number of nitrogens with zero attached hydrogens (tertiary/aromatic N) is 5. The highest BCUT2D eigenvalue weighted by Crippen LogP contribution is 2.44. The van der Waals surface area contributed by atoms with E-state index >= 15 is 4.79 Å². The van der Waals surface area contributed by atoms with Gasteiger partial charge in [-0.1, -0.05) is 46.4 Å². The van der Waals surface area contributed by atoms with Gasteiger partial charge in [-0.15, -0.1) is 0 Å². The van der Waals surface area contributed by atoms with Crippen LogP contribution >= 0.6 is 46.4 Å². The van der Waals surface area contributed by atoms with E-state index in [1.165, 1.54) is 97.9 Å². The first-order valence-electron chi connectivity index (χ1n) is 19.5. The van der Waals surface area contributed by atoms with Crippen LogP contribution in [0, 0.1) is 29.6 Å². The van der Waals surface area contributed by atoms with Gasteiger partial charge in [0.15, 0.2) is 0 Å². The number of nitriles is 2. The number of ether oxygens (including phenoxy) is 5. The number of primary amides is 1. The van der Waals surface area contributed by atoms with Crippen LogP contribution in [0.5, 0.6) is 40.2 Å². The minimum absolute atomic E-state index is 0.00427. The summed E-state index contributed by atoms with van der Waals surface area (Å²) >= 11 is 25.5. The first-order chi connectivity index (χ1) is 31.8. The Morgan fingerprint density at radius 1 is 0.716 bits per heavy atom. The molecule has 0 aliphatic carbocycles. The average Bonchev–Trinajstić information content (AvgIpc) is 3.25. The van der Waals surface area contributed by atoms with Gasteiger partial charge in [-0.05, 0) is 112 Å². The van der Waals surface area contributed by atoms with Crippen molar-refractivity contribution >= 4 is 69.6 Å². The number of aromatic nitrogens is 1. The van der Waals surface area contributed by atoms with Gasteiger partial charge < -0.3 is 34.3 Å². The number of rotatable bonds is 17. The monoisotopic (exact) mass is 992 g/mol. The predicted molar refractivity (Wildman–Crippen MR) is 245 cm³/mol. The van der Waals surface area contributed by atoms with Gasteiger partial charge in [0.1, 0.15) is 53.3 Å². The van der Waals surface area contributed by atoms with Gasteiger partial charge in [0, 0.05) is 41.1 Å². The lowest BCUT2D eigenvalue weighted by Gasteiger charge is -2.38. The number of hydrogen-bond acceptors (Lipinski definition) is 11. The van der Waals surface area contributed by atoms with Gasteiger partial charge in [-0.25, -0.2) is 0 Å². The molecule has 2 amide bonds. The van der Waals surface area contributed by atoms with Crippen LogP contribution in [0.3, 0.4) is 0 Å². The largest absolute Gasteiger partial charge is 0.492 e. The van der Waals surface area contributed by atoms with E-state index in [9.17, 15) is 28.5 Å². The Hall–Kier alpha value is -6.92. The summed E-state index contributed by atoms with van der Waals surface area (Å²) in [4.78, 5) is 35.4. The molecule has 6 rings (SSSR count). The van der Waals surface area contributed by atoms with E-state index in [0.29, 0.717) is 23.4 Å². The number of hydrogen-bond donors (Lipinski definition) is 1. The average molecular weight is 995 g/mol. The molecule has 0 saturated heterocycles. The Labute approximate surface area is 402 Å². The van der Waals surface area contributed by atoms with Crippen molar-refractivity contribution in [3.63, 3.8) is 0 Å². The smallest absolute Gasteiger partial charge is 0.419 e. The van der Waals surface area contributed by atoms with Crippen molar-refractivity contribution in [2.75, 3.05) is 32.1 Å². The molecule has 0 atom stereocenters. The number of halogens is 7.